The summed E-state index contributed by atoms with van der Waals surface area (Å²) in [6.45, 7) is 0.511. The molecule has 0 aromatic carbocycles. The number of carboxylic acids is 1. The fraction of sp³-hybridized carbons (Fsp3) is 0.833. The Bertz CT molecular complexity index is 193. The standard InChI is InChI=1S/C6H9NO3/c8-5(9)6-3-4(6)1-2-7(6)10/h4,10H,1-3H2,(H,8,9). The second-order valence-corrected chi connectivity index (χ2v) is 3.04. The van der Waals surface area contributed by atoms with Crippen LogP contribution >= 0.6 is 0 Å². The number of rotatable bonds is 1. The van der Waals surface area contributed by atoms with E-state index in [9.17, 15) is 4.79 Å². The molecule has 4 heteroatoms. The molecule has 0 bridgehead atoms. The smallest absolute Gasteiger partial charge is 0.326 e. The van der Waals surface area contributed by atoms with Crippen LogP contribution in [0.3, 0.4) is 0 Å². The fourth-order valence-corrected chi connectivity index (χ4v) is 1.82. The molecule has 0 radical (unpaired) electrons. The molecule has 2 aliphatic rings. The van der Waals surface area contributed by atoms with Gasteiger partial charge in [0.2, 0.25) is 0 Å². The van der Waals surface area contributed by atoms with Gasteiger partial charge in [0.1, 0.15) is 5.54 Å². The monoisotopic (exact) mass is 143 g/mol. The highest BCUT2D eigenvalue weighted by Gasteiger charge is 2.67. The van der Waals surface area contributed by atoms with Gasteiger partial charge in [-0.1, -0.05) is 0 Å². The lowest BCUT2D eigenvalue weighted by Crippen LogP contribution is -2.38. The Balaban J connectivity index is 2.25. The highest BCUT2D eigenvalue weighted by atomic mass is 16.5. The number of carbonyl (C=O) groups is 1. The predicted molar refractivity (Wildman–Crippen MR) is 31.6 cm³/mol. The van der Waals surface area contributed by atoms with Crippen molar-refractivity contribution in [3.8, 4) is 0 Å². The highest BCUT2D eigenvalue weighted by molar-refractivity contribution is 5.83. The van der Waals surface area contributed by atoms with Gasteiger partial charge in [-0.05, 0) is 18.8 Å². The van der Waals surface area contributed by atoms with Crippen molar-refractivity contribution >= 4 is 5.97 Å². The topological polar surface area (TPSA) is 60.8 Å². The summed E-state index contributed by atoms with van der Waals surface area (Å²) in [5, 5.41) is 18.8. The minimum absolute atomic E-state index is 0.204. The zero-order chi connectivity index (χ0) is 7.35. The zero-order valence-electron chi connectivity index (χ0n) is 5.45. The van der Waals surface area contributed by atoms with Crippen LogP contribution in [-0.2, 0) is 4.79 Å². The molecule has 0 aromatic rings. The first kappa shape index (κ1) is 6.12. The van der Waals surface area contributed by atoms with Crippen LogP contribution < -0.4 is 0 Å². The third-order valence-corrected chi connectivity index (χ3v) is 2.59. The second kappa shape index (κ2) is 1.52. The molecule has 1 aliphatic carbocycles. The van der Waals surface area contributed by atoms with Crippen LogP contribution in [0.2, 0.25) is 0 Å². The number of carboxylic acid groups (broad SMARTS) is 1. The Hall–Kier alpha value is -0.610. The molecule has 2 N–H and O–H groups in total. The van der Waals surface area contributed by atoms with Crippen molar-refractivity contribution in [3.63, 3.8) is 0 Å². The number of aliphatic carboxylic acids is 1. The van der Waals surface area contributed by atoms with Crippen LogP contribution in [0, 0.1) is 5.92 Å². The maximum atomic E-state index is 10.6. The zero-order valence-corrected chi connectivity index (χ0v) is 5.45. The molecule has 0 aromatic heterocycles. The summed E-state index contributed by atoms with van der Waals surface area (Å²) in [7, 11) is 0. The highest BCUT2D eigenvalue weighted by Crippen LogP contribution is 2.54. The van der Waals surface area contributed by atoms with Crippen molar-refractivity contribution in [1.29, 1.82) is 0 Å². The molecule has 4 nitrogen and oxygen atoms in total. The quantitative estimate of drug-likeness (QED) is 0.539. The average Bonchev–Trinajstić information content (AvgIpc) is 2.52. The maximum absolute atomic E-state index is 10.6. The number of fused-ring (bicyclic) bond motifs is 1. The van der Waals surface area contributed by atoms with E-state index in [1.165, 1.54) is 0 Å². The van der Waals surface area contributed by atoms with E-state index in [4.69, 9.17) is 10.3 Å². The maximum Gasteiger partial charge on any atom is 0.326 e. The summed E-state index contributed by atoms with van der Waals surface area (Å²) in [6, 6.07) is 0. The van der Waals surface area contributed by atoms with Gasteiger partial charge in [0, 0.05) is 6.54 Å². The van der Waals surface area contributed by atoms with Crippen molar-refractivity contribution in [2.24, 2.45) is 5.92 Å². The molecule has 1 heterocycles. The Morgan fingerprint density at radius 3 is 2.60 bits per heavy atom. The number of piperidine rings is 1. The minimum Gasteiger partial charge on any atom is -0.480 e. The molecular weight excluding hydrogens is 134 g/mol. The van der Waals surface area contributed by atoms with E-state index in [1.54, 1.807) is 0 Å². The molecule has 2 fully saturated rings. The van der Waals surface area contributed by atoms with Gasteiger partial charge >= 0.3 is 5.97 Å². The van der Waals surface area contributed by atoms with Gasteiger partial charge in [-0.3, -0.25) is 4.79 Å². The van der Waals surface area contributed by atoms with Crippen molar-refractivity contribution in [2.45, 2.75) is 18.4 Å². The van der Waals surface area contributed by atoms with Gasteiger partial charge in [0.15, 0.2) is 0 Å². The molecule has 2 rings (SSSR count). The van der Waals surface area contributed by atoms with E-state index in [0.29, 0.717) is 13.0 Å². The third-order valence-electron chi connectivity index (χ3n) is 2.59. The van der Waals surface area contributed by atoms with E-state index >= 15 is 0 Å². The normalized spacial score (nSPS) is 45.1. The van der Waals surface area contributed by atoms with Crippen LogP contribution in [-0.4, -0.2) is 33.4 Å². The van der Waals surface area contributed by atoms with Crippen LogP contribution in [0.15, 0.2) is 0 Å². The Labute approximate surface area is 58.0 Å². The Morgan fingerprint density at radius 1 is 1.70 bits per heavy atom. The lowest BCUT2D eigenvalue weighted by molar-refractivity contribution is -0.169. The summed E-state index contributed by atoms with van der Waals surface area (Å²) < 4.78 is 0. The van der Waals surface area contributed by atoms with Crippen molar-refractivity contribution in [3.05, 3.63) is 0 Å². The molecular formula is C6H9NO3. The van der Waals surface area contributed by atoms with Gasteiger partial charge < -0.3 is 10.3 Å². The van der Waals surface area contributed by atoms with Crippen LogP contribution in [0.25, 0.3) is 0 Å². The van der Waals surface area contributed by atoms with Crippen LogP contribution in [0.1, 0.15) is 12.8 Å². The predicted octanol–water partition coefficient (Wildman–Crippen LogP) is -0.0754. The largest absolute Gasteiger partial charge is 0.480 e. The van der Waals surface area contributed by atoms with Gasteiger partial charge in [-0.2, -0.15) is 5.06 Å². The van der Waals surface area contributed by atoms with E-state index in [0.717, 1.165) is 11.5 Å². The van der Waals surface area contributed by atoms with Crippen molar-refractivity contribution in [2.75, 3.05) is 6.54 Å². The molecule has 0 amide bonds. The summed E-state index contributed by atoms with van der Waals surface area (Å²) >= 11 is 0. The van der Waals surface area contributed by atoms with Gasteiger partial charge in [-0.25, -0.2) is 0 Å². The fourth-order valence-electron chi connectivity index (χ4n) is 1.82. The molecule has 1 saturated carbocycles. The summed E-state index contributed by atoms with van der Waals surface area (Å²) in [5.41, 5.74) is -0.875. The summed E-state index contributed by atoms with van der Waals surface area (Å²) in [5.74, 6) is -0.674. The Kier molecular flexibility index (Phi) is 0.928. The first-order chi connectivity index (χ1) is 4.68. The van der Waals surface area contributed by atoms with Crippen LogP contribution in [0.4, 0.5) is 0 Å². The molecule has 2 unspecified atom stereocenters. The SMILES string of the molecule is O=C(O)C12CC1CCN2O. The first-order valence-corrected chi connectivity index (χ1v) is 3.38. The van der Waals surface area contributed by atoms with E-state index < -0.39 is 11.5 Å². The summed E-state index contributed by atoms with van der Waals surface area (Å²) in [4.78, 5) is 10.6. The number of nitrogens with zero attached hydrogens (tertiary/aromatic N) is 1. The third kappa shape index (κ3) is 0.468. The molecule has 56 valence electrons. The first-order valence-electron chi connectivity index (χ1n) is 3.38. The van der Waals surface area contributed by atoms with E-state index in [1.807, 2.05) is 0 Å². The number of hydroxylamine groups is 2. The minimum atomic E-state index is -0.877. The lowest BCUT2D eigenvalue weighted by atomic mass is 10.2. The van der Waals surface area contributed by atoms with E-state index in [2.05, 4.69) is 0 Å². The van der Waals surface area contributed by atoms with Crippen molar-refractivity contribution in [1.82, 2.24) is 5.06 Å². The van der Waals surface area contributed by atoms with Crippen molar-refractivity contribution < 1.29 is 15.1 Å². The molecule has 1 saturated heterocycles. The molecule has 10 heavy (non-hydrogen) atoms. The van der Waals surface area contributed by atoms with Crippen LogP contribution in [0.5, 0.6) is 0 Å². The lowest BCUT2D eigenvalue weighted by Gasteiger charge is -2.15. The Morgan fingerprint density at radius 2 is 2.40 bits per heavy atom. The van der Waals surface area contributed by atoms with Gasteiger partial charge in [0.05, 0.1) is 0 Å². The van der Waals surface area contributed by atoms with Gasteiger partial charge in [0.25, 0.3) is 0 Å². The number of hydrogen-bond acceptors (Lipinski definition) is 3. The molecule has 2 atom stereocenters. The molecule has 0 spiro atoms. The summed E-state index contributed by atoms with van der Waals surface area (Å²) in [6.07, 6.45) is 1.45. The molecule has 1 aliphatic heterocycles. The average molecular weight is 143 g/mol. The van der Waals surface area contributed by atoms with E-state index in [-0.39, 0.29) is 5.92 Å². The second-order valence-electron chi connectivity index (χ2n) is 3.04. The van der Waals surface area contributed by atoms with Gasteiger partial charge in [-0.15, -0.1) is 0 Å². The number of hydrogen-bond donors (Lipinski definition) is 2.